The minimum absolute atomic E-state index is 0.0284. The molecule has 2 saturated heterocycles. The van der Waals surface area contributed by atoms with Gasteiger partial charge in [-0.3, -0.25) is 14.5 Å². The van der Waals surface area contributed by atoms with Gasteiger partial charge in [-0.25, -0.2) is 0 Å². The van der Waals surface area contributed by atoms with Crippen molar-refractivity contribution in [3.05, 3.63) is 65.2 Å². The van der Waals surface area contributed by atoms with Crippen LogP contribution in [0.5, 0.6) is 5.75 Å². The van der Waals surface area contributed by atoms with Gasteiger partial charge in [-0.15, -0.1) is 0 Å². The molecule has 2 fully saturated rings. The number of likely N-dealkylation sites (tertiary alicyclic amines) is 2. The molecule has 0 bridgehead atoms. The summed E-state index contributed by atoms with van der Waals surface area (Å²) in [5, 5.41) is 0. The second-order valence-corrected chi connectivity index (χ2v) is 10.2. The number of carbonyl (C=O) groups is 2. The van der Waals surface area contributed by atoms with Crippen molar-refractivity contribution in [3.63, 3.8) is 0 Å². The number of hydrogen-bond acceptors (Lipinski definition) is 4. The van der Waals surface area contributed by atoms with E-state index < -0.39 is 5.54 Å². The fraction of sp³-hybridized carbons (Fsp3) is 0.500. The Labute approximate surface area is 202 Å². The van der Waals surface area contributed by atoms with Crippen molar-refractivity contribution in [1.29, 1.82) is 0 Å². The highest BCUT2D eigenvalue weighted by molar-refractivity contribution is 6.02. The van der Waals surface area contributed by atoms with Crippen LogP contribution < -0.4 is 4.74 Å². The molecule has 0 N–H and O–H groups in total. The smallest absolute Gasteiger partial charge is 0.254 e. The molecule has 1 spiro atoms. The minimum Gasteiger partial charge on any atom is -0.497 e. The number of ether oxygens (including phenoxy) is 1. The highest BCUT2D eigenvalue weighted by Gasteiger charge is 2.57. The van der Waals surface area contributed by atoms with E-state index in [4.69, 9.17) is 4.74 Å². The van der Waals surface area contributed by atoms with Gasteiger partial charge in [-0.05, 0) is 62.4 Å². The molecule has 3 aliphatic heterocycles. The molecule has 2 amide bonds. The maximum atomic E-state index is 13.9. The zero-order valence-corrected chi connectivity index (χ0v) is 20.5. The second kappa shape index (κ2) is 9.06. The van der Waals surface area contributed by atoms with Crippen molar-refractivity contribution in [2.24, 2.45) is 0 Å². The van der Waals surface area contributed by atoms with Crippen molar-refractivity contribution in [3.8, 4) is 5.75 Å². The molecule has 0 aliphatic carbocycles. The molecule has 2 aromatic rings. The highest BCUT2D eigenvalue weighted by atomic mass is 16.5. The van der Waals surface area contributed by atoms with Crippen LogP contribution in [-0.2, 0) is 11.3 Å². The fourth-order valence-electron chi connectivity index (χ4n) is 6.15. The summed E-state index contributed by atoms with van der Waals surface area (Å²) < 4.78 is 5.29. The highest BCUT2D eigenvalue weighted by Crippen LogP contribution is 2.49. The number of piperidine rings is 1. The summed E-state index contributed by atoms with van der Waals surface area (Å²) in [5.74, 6) is 0.829. The number of fused-ring (bicyclic) bond motifs is 1. The largest absolute Gasteiger partial charge is 0.497 e. The Hall–Kier alpha value is -2.86. The van der Waals surface area contributed by atoms with Gasteiger partial charge in [0.15, 0.2) is 0 Å². The molecule has 1 unspecified atom stereocenters. The predicted octanol–water partition coefficient (Wildman–Crippen LogP) is 3.91. The van der Waals surface area contributed by atoms with Gasteiger partial charge >= 0.3 is 0 Å². The Morgan fingerprint density at radius 2 is 1.71 bits per heavy atom. The van der Waals surface area contributed by atoms with E-state index in [1.54, 1.807) is 7.11 Å². The zero-order chi connectivity index (χ0) is 23.9. The van der Waals surface area contributed by atoms with Crippen LogP contribution in [0, 0.1) is 0 Å². The maximum absolute atomic E-state index is 13.9. The van der Waals surface area contributed by atoms with Crippen molar-refractivity contribution in [2.75, 3.05) is 33.3 Å². The summed E-state index contributed by atoms with van der Waals surface area (Å²) in [6.07, 6.45) is 2.66. The van der Waals surface area contributed by atoms with Crippen molar-refractivity contribution in [1.82, 2.24) is 14.7 Å². The normalized spacial score (nSPS) is 22.0. The van der Waals surface area contributed by atoms with E-state index in [2.05, 4.69) is 35.8 Å². The molecule has 3 aliphatic rings. The van der Waals surface area contributed by atoms with Crippen molar-refractivity contribution in [2.45, 2.75) is 57.2 Å². The molecule has 6 nitrogen and oxygen atoms in total. The van der Waals surface area contributed by atoms with Crippen LogP contribution in [0.4, 0.5) is 0 Å². The first-order valence-electron chi connectivity index (χ1n) is 12.5. The molecule has 2 aromatic carbocycles. The zero-order valence-electron chi connectivity index (χ0n) is 20.5. The van der Waals surface area contributed by atoms with Crippen LogP contribution in [0.1, 0.15) is 60.5 Å². The monoisotopic (exact) mass is 461 g/mol. The lowest BCUT2D eigenvalue weighted by molar-refractivity contribution is -0.142. The van der Waals surface area contributed by atoms with Gasteiger partial charge < -0.3 is 14.5 Å². The average molecular weight is 462 g/mol. The molecule has 180 valence electrons. The van der Waals surface area contributed by atoms with Crippen LogP contribution in [0.25, 0.3) is 0 Å². The van der Waals surface area contributed by atoms with Gasteiger partial charge in [0.25, 0.3) is 5.91 Å². The average Bonchev–Trinajstić information content (AvgIpc) is 2.80. The summed E-state index contributed by atoms with van der Waals surface area (Å²) in [6.45, 7) is 8.39. The Morgan fingerprint density at radius 1 is 1.03 bits per heavy atom. The first-order valence-corrected chi connectivity index (χ1v) is 12.5. The number of methoxy groups -OCH3 is 1. The van der Waals surface area contributed by atoms with E-state index in [-0.39, 0.29) is 23.8 Å². The van der Waals surface area contributed by atoms with Crippen LogP contribution in [-0.4, -0.2) is 71.4 Å². The van der Waals surface area contributed by atoms with Crippen LogP contribution in [0.3, 0.4) is 0 Å². The molecule has 6 heteroatoms. The third kappa shape index (κ3) is 3.78. The summed E-state index contributed by atoms with van der Waals surface area (Å²) in [7, 11) is 1.68. The SMILES string of the molecule is COc1ccc(CN2CCC3(CC2)C(C(=O)N2CCC2)c2ccccc2C(=O)N3C(C)C)cc1. The molecule has 5 rings (SSSR count). The van der Waals surface area contributed by atoms with Crippen molar-refractivity contribution >= 4 is 11.8 Å². The van der Waals surface area contributed by atoms with Gasteiger partial charge in [0.1, 0.15) is 5.75 Å². The molecule has 3 heterocycles. The molecule has 0 aromatic heterocycles. The number of benzene rings is 2. The Balaban J connectivity index is 1.46. The first-order chi connectivity index (χ1) is 16.4. The Kier molecular flexibility index (Phi) is 6.11. The van der Waals surface area contributed by atoms with E-state index in [1.165, 1.54) is 5.56 Å². The van der Waals surface area contributed by atoms with Crippen molar-refractivity contribution < 1.29 is 14.3 Å². The van der Waals surface area contributed by atoms with E-state index in [0.29, 0.717) is 5.56 Å². The van der Waals surface area contributed by atoms with E-state index >= 15 is 0 Å². The standard InChI is InChI=1S/C28H35N3O3/c1-20(2)31-26(32)24-8-5-4-7-23(24)25(27(33)30-15-6-16-30)28(31)13-17-29(18-14-28)19-21-9-11-22(34-3)12-10-21/h4-5,7-12,20,25H,6,13-19H2,1-3H3. The summed E-state index contributed by atoms with van der Waals surface area (Å²) in [4.78, 5) is 34.1. The summed E-state index contributed by atoms with van der Waals surface area (Å²) in [6, 6.07) is 16.0. The fourth-order valence-corrected chi connectivity index (χ4v) is 6.15. The lowest BCUT2D eigenvalue weighted by atomic mass is 9.66. The third-order valence-electron chi connectivity index (χ3n) is 7.96. The van der Waals surface area contributed by atoms with E-state index in [9.17, 15) is 9.59 Å². The third-order valence-corrected chi connectivity index (χ3v) is 7.96. The van der Waals surface area contributed by atoms with Gasteiger partial charge in [-0.2, -0.15) is 0 Å². The van der Waals surface area contributed by atoms with E-state index in [1.807, 2.05) is 41.3 Å². The molecule has 0 saturated carbocycles. The number of hydrogen-bond donors (Lipinski definition) is 0. The van der Waals surface area contributed by atoms with Gasteiger partial charge in [0.2, 0.25) is 5.91 Å². The van der Waals surface area contributed by atoms with Gasteiger partial charge in [0.05, 0.1) is 18.6 Å². The first kappa shape index (κ1) is 22.9. The number of amides is 2. The lowest BCUT2D eigenvalue weighted by Crippen LogP contribution is -2.67. The maximum Gasteiger partial charge on any atom is 0.254 e. The van der Waals surface area contributed by atoms with Crippen LogP contribution in [0.2, 0.25) is 0 Å². The predicted molar refractivity (Wildman–Crippen MR) is 132 cm³/mol. The lowest BCUT2D eigenvalue weighted by Gasteiger charge is -2.57. The Bertz CT molecular complexity index is 1050. The Morgan fingerprint density at radius 3 is 2.29 bits per heavy atom. The van der Waals surface area contributed by atoms with Gasteiger partial charge in [-0.1, -0.05) is 30.3 Å². The number of carbonyl (C=O) groups excluding carboxylic acids is 2. The minimum atomic E-state index is -0.483. The number of nitrogens with zero attached hydrogens (tertiary/aromatic N) is 3. The number of rotatable bonds is 5. The molecule has 1 atom stereocenters. The van der Waals surface area contributed by atoms with E-state index in [0.717, 1.165) is 63.3 Å². The van der Waals surface area contributed by atoms with Crippen LogP contribution >= 0.6 is 0 Å². The topological polar surface area (TPSA) is 53.1 Å². The molecule has 0 radical (unpaired) electrons. The second-order valence-electron chi connectivity index (χ2n) is 10.2. The quantitative estimate of drug-likeness (QED) is 0.678. The summed E-state index contributed by atoms with van der Waals surface area (Å²) in [5.41, 5.74) is 2.38. The summed E-state index contributed by atoms with van der Waals surface area (Å²) >= 11 is 0. The van der Waals surface area contributed by atoms with Gasteiger partial charge in [0, 0.05) is 44.3 Å². The molecule has 34 heavy (non-hydrogen) atoms. The molecular formula is C28H35N3O3. The molecular weight excluding hydrogens is 426 g/mol. The van der Waals surface area contributed by atoms with Crippen LogP contribution in [0.15, 0.2) is 48.5 Å².